The molecule has 2 aromatic rings. The molecule has 4 amide bonds. The van der Waals surface area contributed by atoms with Crippen LogP contribution in [0.5, 0.6) is 0 Å². The van der Waals surface area contributed by atoms with E-state index >= 15 is 0 Å². The lowest BCUT2D eigenvalue weighted by Gasteiger charge is -2.33. The van der Waals surface area contributed by atoms with Gasteiger partial charge in [-0.25, -0.2) is 8.42 Å². The maximum absolute atomic E-state index is 14.7. The summed E-state index contributed by atoms with van der Waals surface area (Å²) in [7, 11) is -3.90. The first-order valence-electron chi connectivity index (χ1n) is 20.1. The van der Waals surface area contributed by atoms with Crippen LogP contribution in [0.2, 0.25) is 0 Å². The van der Waals surface area contributed by atoms with Crippen molar-refractivity contribution < 1.29 is 37.1 Å². The highest BCUT2D eigenvalue weighted by Crippen LogP contribution is 2.47. The molecule has 6 atom stereocenters. The van der Waals surface area contributed by atoms with Crippen molar-refractivity contribution in [2.45, 2.75) is 108 Å². The fourth-order valence-electron chi connectivity index (χ4n) is 8.79. The lowest BCUT2D eigenvalue weighted by Crippen LogP contribution is -2.58. The van der Waals surface area contributed by atoms with Crippen LogP contribution < -0.4 is 10.0 Å². The van der Waals surface area contributed by atoms with Crippen molar-refractivity contribution in [3.63, 3.8) is 0 Å². The van der Waals surface area contributed by atoms with Gasteiger partial charge in [-0.3, -0.25) is 28.7 Å². The summed E-state index contributed by atoms with van der Waals surface area (Å²) in [5, 5.41) is 2.34. The topological polar surface area (TPSA) is 159 Å². The molecule has 0 radical (unpaired) electrons. The summed E-state index contributed by atoms with van der Waals surface area (Å²) in [6.07, 6.45) is 8.38. The second-order valence-electron chi connectivity index (χ2n) is 17.5. The Morgan fingerprint density at radius 2 is 1.70 bits per heavy atom. The molecule has 12 nitrogen and oxygen atoms in total. The quantitative estimate of drug-likeness (QED) is 0.296. The number of nitrogens with zero attached hydrogens (tertiary/aromatic N) is 2. The number of nitrogens with one attached hydrogen (secondary N) is 2. The van der Waals surface area contributed by atoms with Gasteiger partial charge in [0.1, 0.15) is 17.2 Å². The molecule has 5 aliphatic rings. The zero-order valence-electron chi connectivity index (χ0n) is 32.8. The van der Waals surface area contributed by atoms with E-state index in [0.29, 0.717) is 44.2 Å². The molecule has 2 N–H and O–H groups in total. The molecular weight excluding hydrogens is 733 g/mol. The molecular formula is C43H54N4O8S. The van der Waals surface area contributed by atoms with Crippen LogP contribution >= 0.6 is 0 Å². The summed E-state index contributed by atoms with van der Waals surface area (Å²) < 4.78 is 33.7. The highest BCUT2D eigenvalue weighted by atomic mass is 32.2. The Balaban J connectivity index is 1.19. The molecule has 2 saturated heterocycles. The third-order valence-corrected chi connectivity index (χ3v) is 13.8. The number of hydrogen-bond acceptors (Lipinski definition) is 8. The van der Waals surface area contributed by atoms with Gasteiger partial charge in [0, 0.05) is 48.9 Å². The molecule has 0 bridgehead atoms. The van der Waals surface area contributed by atoms with E-state index in [0.717, 1.165) is 29.5 Å². The van der Waals surface area contributed by atoms with Gasteiger partial charge >= 0.3 is 5.97 Å². The number of hydrogen-bond donors (Lipinski definition) is 2. The van der Waals surface area contributed by atoms with Crippen LogP contribution in [-0.4, -0.2) is 89.9 Å². The Morgan fingerprint density at radius 3 is 2.41 bits per heavy atom. The average molecular weight is 787 g/mol. The van der Waals surface area contributed by atoms with Gasteiger partial charge in [0.15, 0.2) is 0 Å². The fourth-order valence-corrected chi connectivity index (χ4v) is 10.1. The smallest absolute Gasteiger partial charge is 0.307 e. The molecule has 2 aromatic carbocycles. The van der Waals surface area contributed by atoms with Crippen molar-refractivity contribution in [2.24, 2.45) is 23.7 Å². The van der Waals surface area contributed by atoms with Crippen molar-refractivity contribution in [2.75, 3.05) is 19.6 Å². The second-order valence-corrected chi connectivity index (χ2v) is 19.4. The number of sulfonamides is 1. The van der Waals surface area contributed by atoms with Crippen molar-refractivity contribution in [3.8, 4) is 11.1 Å². The number of aryl methyl sites for hydroxylation is 1. The monoisotopic (exact) mass is 786 g/mol. The molecule has 0 spiro atoms. The number of esters is 1. The van der Waals surface area contributed by atoms with Gasteiger partial charge in [-0.15, -0.1) is 0 Å². The van der Waals surface area contributed by atoms with Crippen LogP contribution in [0.1, 0.15) is 94.5 Å². The Labute approximate surface area is 329 Å². The van der Waals surface area contributed by atoms with E-state index in [9.17, 15) is 32.4 Å². The van der Waals surface area contributed by atoms with E-state index in [1.807, 2.05) is 67.6 Å². The van der Waals surface area contributed by atoms with E-state index in [-0.39, 0.29) is 43.7 Å². The van der Waals surface area contributed by atoms with Crippen molar-refractivity contribution in [3.05, 3.63) is 71.8 Å². The van der Waals surface area contributed by atoms with Crippen LogP contribution in [0.3, 0.4) is 0 Å². The van der Waals surface area contributed by atoms with Gasteiger partial charge in [0.2, 0.25) is 21.8 Å². The summed E-state index contributed by atoms with van der Waals surface area (Å²) >= 11 is 0. The minimum Gasteiger partial charge on any atom is -0.460 e. The highest BCUT2D eigenvalue weighted by molar-refractivity contribution is 7.91. The number of rotatable bonds is 7. The Kier molecular flexibility index (Phi) is 10.9. The van der Waals surface area contributed by atoms with E-state index < -0.39 is 68.0 Å². The number of carbonyl (C=O) groups excluding carboxylic acids is 5. The van der Waals surface area contributed by atoms with Crippen LogP contribution in [0.15, 0.2) is 60.7 Å². The van der Waals surface area contributed by atoms with Gasteiger partial charge in [0.05, 0.1) is 11.7 Å². The Bertz CT molecular complexity index is 2020. The average Bonchev–Trinajstić information content (AvgIpc) is 4.04. The number of carbonyl (C=O) groups is 5. The zero-order chi connectivity index (χ0) is 40.0. The van der Waals surface area contributed by atoms with E-state index in [1.54, 1.807) is 30.6 Å². The lowest BCUT2D eigenvalue weighted by atomic mass is 9.92. The van der Waals surface area contributed by atoms with Crippen LogP contribution in [0, 0.1) is 30.6 Å². The molecule has 2 aliphatic carbocycles. The maximum Gasteiger partial charge on any atom is 0.307 e. The summed E-state index contributed by atoms with van der Waals surface area (Å²) in [5.41, 5.74) is 1.04. The summed E-state index contributed by atoms with van der Waals surface area (Å²) in [4.78, 5) is 74.0. The molecule has 0 aromatic heterocycles. The number of ether oxygens (including phenoxy) is 1. The van der Waals surface area contributed by atoms with Gasteiger partial charge < -0.3 is 19.9 Å². The SMILES string of the molecule is Cc1ccc(-c2ccccc2)cc1C(=O)N1C[C@H]2CN3C(=O)[C@H](CC(=O)OC(C)(C)C)CCCCC/C=C\[C@@H]4C[C@@]4(C(=O)NS(=O)(=O)C4CC4)NC(=O)[C@@H]3[C@H]2C1. The minimum atomic E-state index is -3.90. The minimum absolute atomic E-state index is 0.134. The maximum atomic E-state index is 14.7. The van der Waals surface area contributed by atoms with Crippen LogP contribution in [0.25, 0.3) is 11.1 Å². The van der Waals surface area contributed by atoms with Crippen molar-refractivity contribution in [1.29, 1.82) is 0 Å². The molecule has 7 rings (SSSR count). The third kappa shape index (κ3) is 8.43. The number of allylic oxidation sites excluding steroid dienone is 1. The molecule has 3 heterocycles. The van der Waals surface area contributed by atoms with Crippen LogP contribution in [-0.2, 0) is 33.9 Å². The van der Waals surface area contributed by atoms with E-state index in [1.165, 1.54) is 0 Å². The van der Waals surface area contributed by atoms with Gasteiger partial charge in [-0.2, -0.15) is 0 Å². The first-order valence-corrected chi connectivity index (χ1v) is 21.6. The zero-order valence-corrected chi connectivity index (χ0v) is 33.6. The first kappa shape index (κ1) is 39.7. The van der Waals surface area contributed by atoms with Gasteiger partial charge in [0.25, 0.3) is 11.8 Å². The fraction of sp³-hybridized carbons (Fsp3) is 0.558. The molecule has 56 heavy (non-hydrogen) atoms. The highest BCUT2D eigenvalue weighted by Gasteiger charge is 2.63. The summed E-state index contributed by atoms with van der Waals surface area (Å²) in [5.74, 6) is -4.17. The molecule has 300 valence electrons. The molecule has 13 heteroatoms. The predicted octanol–water partition coefficient (Wildman–Crippen LogP) is 4.91. The molecule has 4 fully saturated rings. The molecule has 3 aliphatic heterocycles. The molecule has 0 unspecified atom stereocenters. The molecule has 2 saturated carbocycles. The Morgan fingerprint density at radius 1 is 0.946 bits per heavy atom. The van der Waals surface area contributed by atoms with Crippen molar-refractivity contribution in [1.82, 2.24) is 19.8 Å². The second kappa shape index (κ2) is 15.4. The lowest BCUT2D eigenvalue weighted by molar-refractivity contribution is -0.159. The van der Waals surface area contributed by atoms with E-state index in [2.05, 4.69) is 10.0 Å². The standard InChI is InChI=1S/C43H54N4O8S/c1-27-17-18-29(28-13-10-8-11-14-28)21-34(27)40(51)46-24-31-25-47-37(35(31)26-46)38(49)44-43(41(52)45-56(53,54)33-19-20-33)23-32(43)16-12-7-5-6-9-15-30(39(47)50)22-36(48)55-42(2,3)4/h8,10-14,16-18,21,30-33,35,37H,5-7,9,15,19-20,22-26H2,1-4H3,(H,44,49)(H,45,52)/b16-12-/t30-,31-,32+,35-,37-,43+/m0/s1. The van der Waals surface area contributed by atoms with E-state index in [4.69, 9.17) is 4.74 Å². The number of amides is 4. The number of likely N-dealkylation sites (tertiary alicyclic amines) is 1. The predicted molar refractivity (Wildman–Crippen MR) is 210 cm³/mol. The van der Waals surface area contributed by atoms with Crippen LogP contribution in [0.4, 0.5) is 0 Å². The summed E-state index contributed by atoms with van der Waals surface area (Å²) in [6, 6.07) is 14.6. The number of benzene rings is 2. The third-order valence-electron chi connectivity index (χ3n) is 12.0. The normalized spacial score (nSPS) is 28.8. The number of fused-ring (bicyclic) bond motifs is 4. The first-order chi connectivity index (χ1) is 26.6. The summed E-state index contributed by atoms with van der Waals surface area (Å²) in [6.45, 7) is 7.94. The van der Waals surface area contributed by atoms with Gasteiger partial charge in [-0.05, 0) is 89.0 Å². The van der Waals surface area contributed by atoms with Gasteiger partial charge in [-0.1, -0.05) is 67.5 Å². The Hall–Kier alpha value is -4.52. The van der Waals surface area contributed by atoms with Crippen molar-refractivity contribution >= 4 is 39.6 Å². The largest absolute Gasteiger partial charge is 0.460 e.